The van der Waals surface area contributed by atoms with Gasteiger partial charge in [-0.05, 0) is 33.9 Å². The van der Waals surface area contributed by atoms with E-state index in [0.29, 0.717) is 29.3 Å². The maximum Gasteiger partial charge on any atom is 0.264 e. The predicted octanol–water partition coefficient (Wildman–Crippen LogP) is 5.97. The lowest BCUT2D eigenvalue weighted by atomic mass is 9.87. The zero-order valence-corrected chi connectivity index (χ0v) is 19.4. The van der Waals surface area contributed by atoms with Crippen LogP contribution in [-0.4, -0.2) is 16.8 Å². The Balaban J connectivity index is 1.48. The molecule has 0 aliphatic carbocycles. The molecule has 0 saturated carbocycles. The van der Waals surface area contributed by atoms with Crippen LogP contribution in [0.2, 0.25) is 0 Å². The molecule has 4 aromatic rings. The van der Waals surface area contributed by atoms with Crippen molar-refractivity contribution >= 4 is 28.2 Å². The molecule has 170 valence electrons. The Kier molecular flexibility index (Phi) is 5.54. The zero-order valence-electron chi connectivity index (χ0n) is 19.4. The summed E-state index contributed by atoms with van der Waals surface area (Å²) in [6.45, 7) is 4.51. The Bertz CT molecular complexity index is 1380. The molecule has 4 heteroatoms. The number of hydrogen-bond acceptors (Lipinski definition) is 3. The van der Waals surface area contributed by atoms with Gasteiger partial charge >= 0.3 is 0 Å². The lowest BCUT2D eigenvalue weighted by Gasteiger charge is -2.23. The highest BCUT2D eigenvalue weighted by Gasteiger charge is 2.50. The summed E-state index contributed by atoms with van der Waals surface area (Å²) in [7, 11) is 0. The minimum absolute atomic E-state index is 0.257. The average molecular weight is 450 g/mol. The number of carbonyl (C=O) groups excluding carboxylic acids is 2. The van der Waals surface area contributed by atoms with Crippen molar-refractivity contribution in [1.29, 1.82) is 0 Å². The fourth-order valence-electron chi connectivity index (χ4n) is 4.82. The van der Waals surface area contributed by atoms with Crippen molar-refractivity contribution in [3.8, 4) is 0 Å². The van der Waals surface area contributed by atoms with E-state index >= 15 is 0 Å². The van der Waals surface area contributed by atoms with Gasteiger partial charge in [0.2, 0.25) is 0 Å². The van der Waals surface area contributed by atoms with E-state index in [0.717, 1.165) is 21.9 Å². The molecule has 1 aliphatic heterocycles. The first-order chi connectivity index (χ1) is 16.4. The normalized spacial score (nSPS) is 17.4. The van der Waals surface area contributed by atoms with Crippen LogP contribution in [0, 0.1) is 0 Å². The third-order valence-corrected chi connectivity index (χ3v) is 6.76. The second-order valence-electron chi connectivity index (χ2n) is 9.28. The van der Waals surface area contributed by atoms with Crippen LogP contribution in [0.25, 0.3) is 10.8 Å². The van der Waals surface area contributed by atoms with Crippen molar-refractivity contribution in [3.63, 3.8) is 0 Å². The van der Waals surface area contributed by atoms with Crippen LogP contribution in [0.1, 0.15) is 53.2 Å². The third kappa shape index (κ3) is 3.70. The Morgan fingerprint density at radius 1 is 0.882 bits per heavy atom. The third-order valence-electron chi connectivity index (χ3n) is 6.76. The van der Waals surface area contributed by atoms with Crippen LogP contribution in [0.5, 0.6) is 0 Å². The number of Topliss-reactive ketones (excluding diaryl/α,β-unsaturated/α-hetero) is 1. The summed E-state index contributed by atoms with van der Waals surface area (Å²) in [5.41, 5.74) is 1.85. The molecule has 1 atom stereocenters. The molecular weight excluding hydrogens is 422 g/mol. The molecule has 4 nitrogen and oxygen atoms in total. The van der Waals surface area contributed by atoms with Gasteiger partial charge in [0.25, 0.3) is 5.91 Å². The Hall–Kier alpha value is -3.76. The largest absolute Gasteiger partial charge is 0.375 e. The Morgan fingerprint density at radius 3 is 2.32 bits per heavy atom. The van der Waals surface area contributed by atoms with Crippen molar-refractivity contribution in [3.05, 3.63) is 113 Å². The summed E-state index contributed by atoms with van der Waals surface area (Å²) in [5.74, 6) is -0.360. The van der Waals surface area contributed by atoms with Gasteiger partial charge < -0.3 is 10.0 Å². The number of hydrogen-bond donors (Lipinski definition) is 1. The van der Waals surface area contributed by atoms with Gasteiger partial charge in [0, 0.05) is 11.1 Å². The average Bonchev–Trinajstić information content (AvgIpc) is 3.06. The molecule has 0 bridgehead atoms. The van der Waals surface area contributed by atoms with Crippen LogP contribution in [-0.2, 0) is 16.9 Å². The van der Waals surface area contributed by atoms with Crippen molar-refractivity contribution in [2.75, 3.05) is 4.90 Å². The fraction of sp³-hybridized carbons (Fsp3) is 0.200. The van der Waals surface area contributed by atoms with Crippen LogP contribution in [0.3, 0.4) is 0 Å². The van der Waals surface area contributed by atoms with Gasteiger partial charge in [0.05, 0.1) is 18.7 Å². The summed E-state index contributed by atoms with van der Waals surface area (Å²) >= 11 is 0. The molecule has 34 heavy (non-hydrogen) atoms. The van der Waals surface area contributed by atoms with Gasteiger partial charge in [0.1, 0.15) is 0 Å². The minimum Gasteiger partial charge on any atom is -0.375 e. The van der Waals surface area contributed by atoms with Gasteiger partial charge in [-0.15, -0.1) is 0 Å². The predicted molar refractivity (Wildman–Crippen MR) is 135 cm³/mol. The number of benzene rings is 4. The quantitative estimate of drug-likeness (QED) is 0.369. The van der Waals surface area contributed by atoms with Crippen molar-refractivity contribution < 1.29 is 14.7 Å². The van der Waals surface area contributed by atoms with Gasteiger partial charge in [-0.3, -0.25) is 9.59 Å². The second-order valence-corrected chi connectivity index (χ2v) is 9.28. The van der Waals surface area contributed by atoms with E-state index in [-0.39, 0.29) is 12.2 Å². The number of anilines is 1. The standard InChI is InChI=1S/C30H27NO3/c1-20(2)21-14-16-23(17-15-21)28(32)18-30(34)26-12-5-6-13-27(26)31(29(30)33)19-24-10-7-9-22-8-3-4-11-25(22)24/h3-17,20,34H,18-19H2,1-2H3/t30-/m0/s1. The molecule has 1 aliphatic rings. The Morgan fingerprint density at radius 2 is 1.56 bits per heavy atom. The maximum absolute atomic E-state index is 13.7. The lowest BCUT2D eigenvalue weighted by Crippen LogP contribution is -2.41. The van der Waals surface area contributed by atoms with Gasteiger partial charge in [-0.25, -0.2) is 0 Å². The van der Waals surface area contributed by atoms with E-state index < -0.39 is 11.5 Å². The van der Waals surface area contributed by atoms with E-state index in [1.54, 1.807) is 29.2 Å². The number of fused-ring (bicyclic) bond motifs is 2. The number of rotatable bonds is 6. The highest BCUT2D eigenvalue weighted by molar-refractivity contribution is 6.11. The maximum atomic E-state index is 13.7. The summed E-state index contributed by atoms with van der Waals surface area (Å²) < 4.78 is 0. The molecule has 0 fully saturated rings. The van der Waals surface area contributed by atoms with Gasteiger partial charge in [-0.2, -0.15) is 0 Å². The van der Waals surface area contributed by atoms with Gasteiger partial charge in [-0.1, -0.05) is 98.8 Å². The lowest BCUT2D eigenvalue weighted by molar-refractivity contribution is -0.136. The first kappa shape index (κ1) is 22.1. The summed E-state index contributed by atoms with van der Waals surface area (Å²) in [5, 5.41) is 13.8. The second kappa shape index (κ2) is 8.54. The van der Waals surface area contributed by atoms with E-state index in [2.05, 4.69) is 13.8 Å². The van der Waals surface area contributed by atoms with Gasteiger partial charge in [0.15, 0.2) is 11.4 Å². The highest BCUT2D eigenvalue weighted by atomic mass is 16.3. The molecule has 1 heterocycles. The number of aliphatic hydroxyl groups is 1. The summed E-state index contributed by atoms with van der Waals surface area (Å²) in [4.78, 5) is 28.4. The molecule has 0 radical (unpaired) electrons. The molecule has 0 saturated heterocycles. The van der Waals surface area contributed by atoms with Crippen molar-refractivity contribution in [2.45, 2.75) is 38.3 Å². The van der Waals surface area contributed by atoms with E-state index in [9.17, 15) is 14.7 Å². The zero-order chi connectivity index (χ0) is 23.9. The van der Waals surface area contributed by atoms with Crippen molar-refractivity contribution in [1.82, 2.24) is 0 Å². The van der Waals surface area contributed by atoms with E-state index in [1.807, 2.05) is 66.7 Å². The highest BCUT2D eigenvalue weighted by Crippen LogP contribution is 2.44. The molecule has 1 amide bonds. The minimum atomic E-state index is -1.89. The van der Waals surface area contributed by atoms with E-state index in [1.165, 1.54) is 0 Å². The fourth-order valence-corrected chi connectivity index (χ4v) is 4.82. The molecule has 4 aromatic carbocycles. The first-order valence-electron chi connectivity index (χ1n) is 11.6. The topological polar surface area (TPSA) is 57.6 Å². The summed E-state index contributed by atoms with van der Waals surface area (Å²) in [6, 6.07) is 28.7. The number of ketones is 1. The van der Waals surface area contributed by atoms with Crippen LogP contribution in [0.4, 0.5) is 5.69 Å². The van der Waals surface area contributed by atoms with E-state index in [4.69, 9.17) is 0 Å². The molecule has 1 N–H and O–H groups in total. The molecule has 0 spiro atoms. The number of nitrogens with zero attached hydrogens (tertiary/aromatic N) is 1. The number of carbonyl (C=O) groups is 2. The molecule has 0 aromatic heterocycles. The first-order valence-corrected chi connectivity index (χ1v) is 11.6. The van der Waals surface area contributed by atoms with Crippen LogP contribution < -0.4 is 4.90 Å². The SMILES string of the molecule is CC(C)c1ccc(C(=O)C[C@@]2(O)C(=O)N(Cc3cccc4ccccc34)c3ccccc32)cc1. The molecule has 5 rings (SSSR count). The molecule has 0 unspecified atom stereocenters. The monoisotopic (exact) mass is 449 g/mol. The number of para-hydroxylation sites is 1. The molecular formula is C30H27NO3. The van der Waals surface area contributed by atoms with Crippen LogP contribution >= 0.6 is 0 Å². The summed E-state index contributed by atoms with van der Waals surface area (Å²) in [6.07, 6.45) is -0.296. The Labute approximate surface area is 199 Å². The smallest absolute Gasteiger partial charge is 0.264 e. The van der Waals surface area contributed by atoms with Crippen molar-refractivity contribution in [2.24, 2.45) is 0 Å². The van der Waals surface area contributed by atoms with Crippen LogP contribution in [0.15, 0.2) is 91.0 Å². The number of amides is 1.